The van der Waals surface area contributed by atoms with E-state index in [0.29, 0.717) is 6.54 Å². The Labute approximate surface area is 103 Å². The summed E-state index contributed by atoms with van der Waals surface area (Å²) in [4.78, 5) is 19.9. The minimum Gasteiger partial charge on any atom is -0.344 e. The van der Waals surface area contributed by atoms with Crippen LogP contribution in [0.5, 0.6) is 0 Å². The van der Waals surface area contributed by atoms with Gasteiger partial charge in [-0.1, -0.05) is 6.92 Å². The number of nitrogens with zero attached hydrogens (tertiary/aromatic N) is 3. The molecule has 0 aliphatic heterocycles. The number of carbonyl (C=O) groups is 1. The van der Waals surface area contributed by atoms with Crippen molar-refractivity contribution in [1.82, 2.24) is 25.5 Å². The lowest BCUT2D eigenvalue weighted by Gasteiger charge is -1.98. The zero-order valence-corrected chi connectivity index (χ0v) is 10.3. The molecule has 0 saturated carbocycles. The third-order valence-electron chi connectivity index (χ3n) is 2.14. The molecule has 0 fully saturated rings. The van der Waals surface area contributed by atoms with Crippen LogP contribution in [0.1, 0.15) is 35.5 Å². The highest BCUT2D eigenvalue weighted by Gasteiger charge is 2.11. The van der Waals surface area contributed by atoms with Crippen molar-refractivity contribution in [3.63, 3.8) is 0 Å². The SMILES string of the molecule is CCCc1nc(C(=O)NCc2cscn2)n[nH]1. The third-order valence-corrected chi connectivity index (χ3v) is 2.77. The van der Waals surface area contributed by atoms with Gasteiger partial charge in [-0.3, -0.25) is 9.89 Å². The van der Waals surface area contributed by atoms with Crippen LogP contribution in [-0.4, -0.2) is 26.1 Å². The van der Waals surface area contributed by atoms with Crippen molar-refractivity contribution in [3.05, 3.63) is 28.2 Å². The molecule has 2 aromatic rings. The number of hydrogen-bond acceptors (Lipinski definition) is 5. The number of aromatic amines is 1. The van der Waals surface area contributed by atoms with Gasteiger partial charge in [-0.15, -0.1) is 16.4 Å². The van der Waals surface area contributed by atoms with Gasteiger partial charge >= 0.3 is 0 Å². The van der Waals surface area contributed by atoms with Crippen molar-refractivity contribution >= 4 is 17.2 Å². The van der Waals surface area contributed by atoms with Gasteiger partial charge in [-0.05, 0) is 6.42 Å². The van der Waals surface area contributed by atoms with Gasteiger partial charge in [0.05, 0.1) is 17.7 Å². The molecule has 0 atom stereocenters. The first-order valence-electron chi connectivity index (χ1n) is 5.36. The molecule has 0 spiro atoms. The standard InChI is InChI=1S/C10H13N5OS/c1-2-3-8-13-9(15-14-8)10(16)11-4-7-5-17-6-12-7/h5-6H,2-4H2,1H3,(H,11,16)(H,13,14,15). The van der Waals surface area contributed by atoms with E-state index in [0.717, 1.165) is 24.4 Å². The Kier molecular flexibility index (Phi) is 3.81. The van der Waals surface area contributed by atoms with Crippen LogP contribution in [-0.2, 0) is 13.0 Å². The van der Waals surface area contributed by atoms with Crippen molar-refractivity contribution in [2.45, 2.75) is 26.3 Å². The highest BCUT2D eigenvalue weighted by molar-refractivity contribution is 7.07. The molecular weight excluding hydrogens is 238 g/mol. The maximum absolute atomic E-state index is 11.7. The third kappa shape index (κ3) is 3.10. The zero-order valence-electron chi connectivity index (χ0n) is 9.43. The van der Waals surface area contributed by atoms with Gasteiger partial charge in [0, 0.05) is 11.8 Å². The molecule has 0 unspecified atom stereocenters. The van der Waals surface area contributed by atoms with E-state index in [1.807, 2.05) is 12.3 Å². The summed E-state index contributed by atoms with van der Waals surface area (Å²) in [6.45, 7) is 2.45. The van der Waals surface area contributed by atoms with Crippen LogP contribution >= 0.6 is 11.3 Å². The monoisotopic (exact) mass is 251 g/mol. The Morgan fingerprint density at radius 1 is 1.59 bits per heavy atom. The fraction of sp³-hybridized carbons (Fsp3) is 0.400. The molecule has 17 heavy (non-hydrogen) atoms. The van der Waals surface area contributed by atoms with E-state index in [1.54, 1.807) is 5.51 Å². The van der Waals surface area contributed by atoms with Crippen LogP contribution < -0.4 is 5.32 Å². The predicted octanol–water partition coefficient (Wildman–Crippen LogP) is 1.14. The number of rotatable bonds is 5. The van der Waals surface area contributed by atoms with Crippen LogP contribution in [0.3, 0.4) is 0 Å². The average molecular weight is 251 g/mol. The Bertz CT molecular complexity index is 479. The highest BCUT2D eigenvalue weighted by atomic mass is 32.1. The average Bonchev–Trinajstić information content (AvgIpc) is 2.97. The summed E-state index contributed by atoms with van der Waals surface area (Å²) in [6, 6.07) is 0. The molecule has 0 bridgehead atoms. The van der Waals surface area contributed by atoms with Crippen LogP contribution in [0, 0.1) is 0 Å². The molecule has 7 heteroatoms. The Balaban J connectivity index is 1.90. The van der Waals surface area contributed by atoms with E-state index >= 15 is 0 Å². The van der Waals surface area contributed by atoms with Crippen LogP contribution in [0.25, 0.3) is 0 Å². The van der Waals surface area contributed by atoms with E-state index in [1.165, 1.54) is 11.3 Å². The second-order valence-corrected chi connectivity index (χ2v) is 4.24. The number of nitrogens with one attached hydrogen (secondary N) is 2. The second kappa shape index (κ2) is 5.53. The smallest absolute Gasteiger partial charge is 0.291 e. The van der Waals surface area contributed by atoms with Crippen LogP contribution in [0.2, 0.25) is 0 Å². The lowest BCUT2D eigenvalue weighted by Crippen LogP contribution is -2.24. The molecule has 0 radical (unpaired) electrons. The van der Waals surface area contributed by atoms with Gasteiger partial charge < -0.3 is 5.32 Å². The largest absolute Gasteiger partial charge is 0.344 e. The van der Waals surface area contributed by atoms with E-state index < -0.39 is 0 Å². The van der Waals surface area contributed by atoms with Crippen molar-refractivity contribution in [2.24, 2.45) is 0 Å². The minimum absolute atomic E-state index is 0.184. The molecule has 0 aliphatic carbocycles. The molecule has 2 aromatic heterocycles. The number of carbonyl (C=O) groups excluding carboxylic acids is 1. The molecule has 0 aromatic carbocycles. The zero-order chi connectivity index (χ0) is 12.1. The Morgan fingerprint density at radius 2 is 2.47 bits per heavy atom. The molecule has 2 heterocycles. The normalized spacial score (nSPS) is 10.4. The molecule has 0 saturated heterocycles. The lowest BCUT2D eigenvalue weighted by molar-refractivity contribution is 0.0940. The summed E-state index contributed by atoms with van der Waals surface area (Å²) < 4.78 is 0. The summed E-state index contributed by atoms with van der Waals surface area (Å²) in [6.07, 6.45) is 1.77. The van der Waals surface area contributed by atoms with Gasteiger partial charge in [-0.25, -0.2) is 9.97 Å². The maximum Gasteiger partial charge on any atom is 0.291 e. The molecule has 1 amide bonds. The van der Waals surface area contributed by atoms with Crippen LogP contribution in [0.15, 0.2) is 10.9 Å². The number of amides is 1. The predicted molar refractivity (Wildman–Crippen MR) is 63.7 cm³/mol. The van der Waals surface area contributed by atoms with Gasteiger partial charge in [0.1, 0.15) is 5.82 Å². The van der Waals surface area contributed by atoms with Crippen molar-refractivity contribution in [1.29, 1.82) is 0 Å². The van der Waals surface area contributed by atoms with Gasteiger partial charge in [0.25, 0.3) is 5.91 Å². The van der Waals surface area contributed by atoms with Crippen molar-refractivity contribution in [2.75, 3.05) is 0 Å². The minimum atomic E-state index is -0.281. The van der Waals surface area contributed by atoms with E-state index in [4.69, 9.17) is 0 Å². The molecule has 6 nitrogen and oxygen atoms in total. The summed E-state index contributed by atoms with van der Waals surface area (Å²) in [7, 11) is 0. The number of thiazole rings is 1. The first-order chi connectivity index (χ1) is 8.29. The van der Waals surface area contributed by atoms with Crippen molar-refractivity contribution in [3.8, 4) is 0 Å². The van der Waals surface area contributed by atoms with Crippen molar-refractivity contribution < 1.29 is 4.79 Å². The molecular formula is C10H13N5OS. The summed E-state index contributed by atoms with van der Waals surface area (Å²) in [5, 5.41) is 11.2. The van der Waals surface area contributed by atoms with E-state index in [-0.39, 0.29) is 11.7 Å². The number of H-pyrrole nitrogens is 1. The number of hydrogen-bond donors (Lipinski definition) is 2. The lowest BCUT2D eigenvalue weighted by atomic mass is 10.3. The Hall–Kier alpha value is -1.76. The second-order valence-electron chi connectivity index (χ2n) is 3.52. The molecule has 2 rings (SSSR count). The number of aryl methyl sites for hydroxylation is 1. The fourth-order valence-corrected chi connectivity index (χ4v) is 1.88. The topological polar surface area (TPSA) is 83.6 Å². The fourth-order valence-electron chi connectivity index (χ4n) is 1.32. The quantitative estimate of drug-likeness (QED) is 0.834. The summed E-state index contributed by atoms with van der Waals surface area (Å²) in [5.74, 6) is 0.645. The maximum atomic E-state index is 11.7. The first-order valence-corrected chi connectivity index (χ1v) is 6.30. The van der Waals surface area contributed by atoms with Crippen LogP contribution in [0.4, 0.5) is 0 Å². The van der Waals surface area contributed by atoms with Gasteiger partial charge in [-0.2, -0.15) is 0 Å². The summed E-state index contributed by atoms with van der Waals surface area (Å²) in [5.41, 5.74) is 2.57. The summed E-state index contributed by atoms with van der Waals surface area (Å²) >= 11 is 1.50. The van der Waals surface area contributed by atoms with E-state index in [2.05, 4.69) is 25.5 Å². The molecule has 2 N–H and O–H groups in total. The van der Waals surface area contributed by atoms with E-state index in [9.17, 15) is 4.79 Å². The number of aromatic nitrogens is 4. The van der Waals surface area contributed by atoms with Gasteiger partial charge in [0.15, 0.2) is 0 Å². The highest BCUT2D eigenvalue weighted by Crippen LogP contribution is 2.01. The molecule has 90 valence electrons. The molecule has 0 aliphatic rings. The first kappa shape index (κ1) is 11.7. The Morgan fingerprint density at radius 3 is 3.18 bits per heavy atom. The van der Waals surface area contributed by atoms with Gasteiger partial charge in [0.2, 0.25) is 5.82 Å².